The first kappa shape index (κ1) is 37.0. The van der Waals surface area contributed by atoms with Crippen molar-refractivity contribution in [3.05, 3.63) is 120 Å². The molecule has 0 amide bonds. The molecule has 0 radical (unpaired) electrons. The third-order valence-electron chi connectivity index (χ3n) is 9.65. The Kier molecular flexibility index (Phi) is 11.4. The van der Waals surface area contributed by atoms with Gasteiger partial charge in [0.2, 0.25) is 0 Å². The second-order valence-electron chi connectivity index (χ2n) is 11.7. The summed E-state index contributed by atoms with van der Waals surface area (Å²) in [5.41, 5.74) is -6.09. The number of nitrogens with zero attached hydrogens (tertiary/aromatic N) is 6. The van der Waals surface area contributed by atoms with Crippen molar-refractivity contribution in [2.24, 2.45) is 10.8 Å². The number of hydrogen-bond acceptors (Lipinski definition) is 9. The van der Waals surface area contributed by atoms with Gasteiger partial charge in [0.15, 0.2) is 16.6 Å². The fourth-order valence-electron chi connectivity index (χ4n) is 7.46. The summed E-state index contributed by atoms with van der Waals surface area (Å²) in [5, 5.41) is 22.5. The Balaban J connectivity index is 0.00000125. The van der Waals surface area contributed by atoms with Crippen LogP contribution >= 0.6 is 20.2 Å². The number of carbonyl (C=O) groups excluding carboxylic acids is 1. The summed E-state index contributed by atoms with van der Waals surface area (Å²) < 4.78 is 0. The van der Waals surface area contributed by atoms with Crippen LogP contribution in [-0.4, -0.2) is 76.2 Å². The maximum absolute atomic E-state index is 15.2. The quantitative estimate of drug-likeness (QED) is 0.199. The van der Waals surface area contributed by atoms with E-state index in [1.807, 2.05) is 12.1 Å². The average Bonchev–Trinajstić information content (AvgIpc) is 3.08. The van der Waals surface area contributed by atoms with Gasteiger partial charge in [-0.2, -0.15) is 0 Å². The van der Waals surface area contributed by atoms with Crippen LogP contribution in [0.2, 0.25) is 0 Å². The van der Waals surface area contributed by atoms with E-state index in [0.717, 1.165) is 0 Å². The van der Waals surface area contributed by atoms with Crippen molar-refractivity contribution in [2.75, 3.05) is 13.1 Å². The molecule has 254 valence electrons. The molecule has 15 heteroatoms. The number of piperidine rings is 2. The molecule has 4 N–H and O–H groups in total. The SMILES string of the molecule is CC1(c2ccccn2)N(Cc2ccccn2)C(C)(c2ccccn2)C2(C(=O)O)CN(Cc3ccccn3)CC1(C(=O)O)C2=O.O.[Cl][Fe][Cl]. The molecule has 4 aromatic heterocycles. The van der Waals surface area contributed by atoms with Crippen LogP contribution in [0.25, 0.3) is 0 Å². The van der Waals surface area contributed by atoms with Gasteiger partial charge in [0.1, 0.15) is 0 Å². The van der Waals surface area contributed by atoms with E-state index in [-0.39, 0.29) is 44.8 Å². The number of fused-ring (bicyclic) bond motifs is 2. The molecule has 6 rings (SSSR count). The van der Waals surface area contributed by atoms with Gasteiger partial charge in [0.25, 0.3) is 0 Å². The van der Waals surface area contributed by atoms with Gasteiger partial charge in [-0.3, -0.25) is 44.1 Å². The number of Topliss-reactive ketones (excluding diaryl/α,β-unsaturated/α-hetero) is 1. The van der Waals surface area contributed by atoms with Crippen LogP contribution in [0, 0.1) is 10.8 Å². The third-order valence-corrected chi connectivity index (χ3v) is 9.65. The van der Waals surface area contributed by atoms with Crippen LogP contribution in [0.4, 0.5) is 0 Å². The number of pyridine rings is 4. The van der Waals surface area contributed by atoms with Crippen LogP contribution in [0.15, 0.2) is 97.6 Å². The summed E-state index contributed by atoms with van der Waals surface area (Å²) in [6, 6.07) is 21.0. The van der Waals surface area contributed by atoms with Gasteiger partial charge in [-0.25, -0.2) is 0 Å². The zero-order chi connectivity index (χ0) is 33.9. The van der Waals surface area contributed by atoms with E-state index in [9.17, 15) is 19.8 Å². The molecule has 4 atom stereocenters. The first-order chi connectivity index (χ1) is 22.5. The minimum absolute atomic E-state index is 0. The van der Waals surface area contributed by atoms with Crippen molar-refractivity contribution in [3.63, 3.8) is 0 Å². The summed E-state index contributed by atoms with van der Waals surface area (Å²) in [5.74, 6) is -3.75. The van der Waals surface area contributed by atoms with Crippen LogP contribution in [0.1, 0.15) is 36.6 Å². The van der Waals surface area contributed by atoms with Crippen molar-refractivity contribution >= 4 is 37.9 Å². The zero-order valence-electron chi connectivity index (χ0n) is 26.0. The number of carbonyl (C=O) groups is 3. The van der Waals surface area contributed by atoms with Crippen LogP contribution < -0.4 is 0 Å². The Morgan fingerprint density at radius 1 is 0.708 bits per heavy atom. The van der Waals surface area contributed by atoms with Crippen molar-refractivity contribution in [1.29, 1.82) is 0 Å². The molecule has 2 fully saturated rings. The number of hydrogen-bond donors (Lipinski definition) is 2. The Hall–Kier alpha value is -3.81. The maximum atomic E-state index is 15.2. The van der Waals surface area contributed by atoms with Gasteiger partial charge in [-0.05, 0) is 62.4 Å². The van der Waals surface area contributed by atoms with E-state index in [0.29, 0.717) is 22.8 Å². The Morgan fingerprint density at radius 2 is 1.08 bits per heavy atom. The Bertz CT molecular complexity index is 1650. The van der Waals surface area contributed by atoms with E-state index in [1.54, 1.807) is 109 Å². The third kappa shape index (κ3) is 5.69. The van der Waals surface area contributed by atoms with E-state index < -0.39 is 39.6 Å². The molecular weight excluding hydrogens is 703 g/mol. The van der Waals surface area contributed by atoms with Gasteiger partial charge in [-0.15, -0.1) is 0 Å². The van der Waals surface area contributed by atoms with Gasteiger partial charge >= 0.3 is 45.3 Å². The molecule has 2 aliphatic rings. The molecule has 4 unspecified atom stereocenters. The number of halogens is 2. The summed E-state index contributed by atoms with van der Waals surface area (Å²) in [4.78, 5) is 64.7. The molecule has 0 saturated carbocycles. The molecule has 2 bridgehead atoms. The molecule has 2 aliphatic heterocycles. The molecule has 2 saturated heterocycles. The molecule has 4 aromatic rings. The van der Waals surface area contributed by atoms with Crippen LogP contribution in [-0.2, 0) is 51.7 Å². The van der Waals surface area contributed by atoms with Crippen molar-refractivity contribution in [3.8, 4) is 0 Å². The van der Waals surface area contributed by atoms with E-state index in [4.69, 9.17) is 20.2 Å². The predicted molar refractivity (Wildman–Crippen MR) is 173 cm³/mol. The molecule has 48 heavy (non-hydrogen) atoms. The Labute approximate surface area is 292 Å². The fourth-order valence-corrected chi connectivity index (χ4v) is 7.46. The second kappa shape index (κ2) is 14.8. The predicted octanol–water partition coefficient (Wildman–Crippen LogP) is 3.69. The molecule has 0 aromatic carbocycles. The number of aliphatic carboxylic acids is 2. The van der Waals surface area contributed by atoms with Crippen molar-refractivity contribution < 1.29 is 43.2 Å². The number of likely N-dealkylation sites (tertiary alicyclic amines) is 2. The van der Waals surface area contributed by atoms with Crippen molar-refractivity contribution in [1.82, 2.24) is 29.7 Å². The number of ketones is 1. The van der Waals surface area contributed by atoms with Crippen molar-refractivity contribution in [2.45, 2.75) is 38.0 Å². The van der Waals surface area contributed by atoms with Crippen LogP contribution in [0.3, 0.4) is 0 Å². The summed E-state index contributed by atoms with van der Waals surface area (Å²) in [6.45, 7) is 2.98. The first-order valence-electron chi connectivity index (χ1n) is 14.5. The van der Waals surface area contributed by atoms with E-state index in [1.165, 1.54) is 0 Å². The monoisotopic (exact) mass is 736 g/mol. The molecular formula is C33H34Cl2FeN6O6. The zero-order valence-corrected chi connectivity index (χ0v) is 28.6. The summed E-state index contributed by atoms with van der Waals surface area (Å²) in [7, 11) is 9.53. The molecule has 0 aliphatic carbocycles. The number of aromatic nitrogens is 4. The number of carboxylic acid groups (broad SMARTS) is 2. The molecule has 6 heterocycles. The average molecular weight is 737 g/mol. The van der Waals surface area contributed by atoms with E-state index in [2.05, 4.69) is 19.9 Å². The second-order valence-corrected chi connectivity index (χ2v) is 13.6. The summed E-state index contributed by atoms with van der Waals surface area (Å²) >= 11 is 0.194. The molecule has 12 nitrogen and oxygen atoms in total. The van der Waals surface area contributed by atoms with Gasteiger partial charge in [-0.1, -0.05) is 24.3 Å². The fraction of sp³-hybridized carbons (Fsp3) is 0.303. The Morgan fingerprint density at radius 3 is 1.42 bits per heavy atom. The standard InChI is InChI=1S/C33H32N6O5.2ClH.Fe.H2O/c1-30(25-13-5-9-17-36-25)32(28(41)42)21-38(19-23-11-3-7-15-34-23)22-33(27(32)40,29(43)44)31(2,26-14-6-10-18-37-26)39(30)20-24-12-4-8-16-35-24;;;;/h3-18H,19-22H2,1-2H3,(H,41,42)(H,43,44);2*1H;;1H2/q;;;+2;/p-2. The first-order valence-corrected chi connectivity index (χ1v) is 17.6. The minimum atomic E-state index is -2.27. The van der Waals surface area contributed by atoms with Gasteiger partial charge < -0.3 is 15.7 Å². The van der Waals surface area contributed by atoms with Gasteiger partial charge in [0, 0.05) is 51.0 Å². The molecule has 0 spiro atoms. The van der Waals surface area contributed by atoms with Crippen LogP contribution in [0.5, 0.6) is 0 Å². The number of carboxylic acids is 2. The topological polar surface area (TPSA) is 181 Å². The normalized spacial score (nSPS) is 26.9. The number of rotatable bonds is 8. The van der Waals surface area contributed by atoms with Gasteiger partial charge in [0.05, 0.1) is 33.9 Å². The summed E-state index contributed by atoms with van der Waals surface area (Å²) in [6.07, 6.45) is 6.34. The van der Waals surface area contributed by atoms with E-state index >= 15 is 4.79 Å².